The SMILES string of the molecule is O=C(Cn1nc(C2CC2)nc1C1CC1)Nc1ccc2c(c1)CCC2. The molecule has 5 nitrogen and oxygen atoms in total. The Labute approximate surface area is 141 Å². The molecule has 3 aliphatic rings. The van der Waals surface area contributed by atoms with Gasteiger partial charge in [0.2, 0.25) is 5.91 Å². The van der Waals surface area contributed by atoms with Crippen LogP contribution < -0.4 is 5.32 Å². The molecule has 0 radical (unpaired) electrons. The quantitative estimate of drug-likeness (QED) is 0.920. The molecule has 0 atom stereocenters. The van der Waals surface area contributed by atoms with E-state index >= 15 is 0 Å². The number of carbonyl (C=O) groups is 1. The van der Waals surface area contributed by atoms with Crippen LogP contribution in [0.4, 0.5) is 5.69 Å². The number of carbonyl (C=O) groups excluding carboxylic acids is 1. The first kappa shape index (κ1) is 14.2. The molecular weight excluding hydrogens is 300 g/mol. The molecule has 124 valence electrons. The first-order chi connectivity index (χ1) is 11.8. The van der Waals surface area contributed by atoms with Crippen LogP contribution in [0.25, 0.3) is 0 Å². The summed E-state index contributed by atoms with van der Waals surface area (Å²) in [6.07, 6.45) is 8.24. The lowest BCUT2D eigenvalue weighted by molar-refractivity contribution is -0.117. The average molecular weight is 322 g/mol. The van der Waals surface area contributed by atoms with E-state index in [-0.39, 0.29) is 12.5 Å². The van der Waals surface area contributed by atoms with Gasteiger partial charge in [-0.3, -0.25) is 4.79 Å². The molecule has 24 heavy (non-hydrogen) atoms. The summed E-state index contributed by atoms with van der Waals surface area (Å²) in [6.45, 7) is 0.267. The van der Waals surface area contributed by atoms with Crippen molar-refractivity contribution in [2.24, 2.45) is 0 Å². The highest BCUT2D eigenvalue weighted by molar-refractivity contribution is 5.90. The molecule has 2 fully saturated rings. The van der Waals surface area contributed by atoms with Crippen LogP contribution in [0, 0.1) is 0 Å². The Morgan fingerprint density at radius 1 is 1.12 bits per heavy atom. The van der Waals surface area contributed by atoms with Crippen LogP contribution in [0.3, 0.4) is 0 Å². The molecule has 1 aromatic heterocycles. The van der Waals surface area contributed by atoms with Gasteiger partial charge in [0.25, 0.3) is 0 Å². The lowest BCUT2D eigenvalue weighted by Crippen LogP contribution is -2.21. The minimum atomic E-state index is -0.0120. The largest absolute Gasteiger partial charge is 0.324 e. The van der Waals surface area contributed by atoms with Crippen LogP contribution in [0.15, 0.2) is 18.2 Å². The van der Waals surface area contributed by atoms with Crippen molar-refractivity contribution in [2.45, 2.75) is 63.3 Å². The van der Waals surface area contributed by atoms with Gasteiger partial charge < -0.3 is 5.32 Å². The summed E-state index contributed by atoms with van der Waals surface area (Å²) in [7, 11) is 0. The number of amides is 1. The van der Waals surface area contributed by atoms with Gasteiger partial charge in [-0.05, 0) is 68.2 Å². The van der Waals surface area contributed by atoms with E-state index in [0.717, 1.165) is 30.2 Å². The van der Waals surface area contributed by atoms with Gasteiger partial charge in [0.1, 0.15) is 12.4 Å². The fourth-order valence-electron chi connectivity index (χ4n) is 3.63. The minimum absolute atomic E-state index is 0.0120. The topological polar surface area (TPSA) is 59.8 Å². The summed E-state index contributed by atoms with van der Waals surface area (Å²) in [4.78, 5) is 17.2. The molecule has 3 aliphatic carbocycles. The third-order valence-corrected chi connectivity index (χ3v) is 5.28. The number of aryl methyl sites for hydroxylation is 2. The van der Waals surface area contributed by atoms with Gasteiger partial charge in [-0.15, -0.1) is 0 Å². The number of rotatable bonds is 5. The van der Waals surface area contributed by atoms with E-state index < -0.39 is 0 Å². The normalized spacial score (nSPS) is 19.3. The number of hydrogen-bond acceptors (Lipinski definition) is 3. The van der Waals surface area contributed by atoms with Crippen LogP contribution in [-0.4, -0.2) is 20.7 Å². The molecule has 5 rings (SSSR count). The molecule has 0 aliphatic heterocycles. The van der Waals surface area contributed by atoms with Crippen LogP contribution in [0.5, 0.6) is 0 Å². The van der Waals surface area contributed by atoms with Gasteiger partial charge in [-0.1, -0.05) is 6.07 Å². The zero-order chi connectivity index (χ0) is 16.1. The summed E-state index contributed by atoms with van der Waals surface area (Å²) in [5, 5.41) is 7.65. The predicted molar refractivity (Wildman–Crippen MR) is 91.1 cm³/mol. The maximum absolute atomic E-state index is 12.5. The maximum Gasteiger partial charge on any atom is 0.246 e. The van der Waals surface area contributed by atoms with E-state index in [2.05, 4.69) is 22.5 Å². The average Bonchev–Trinajstić information content (AvgIpc) is 3.50. The first-order valence-electron chi connectivity index (χ1n) is 9.12. The fourth-order valence-corrected chi connectivity index (χ4v) is 3.63. The number of nitrogens with zero attached hydrogens (tertiary/aromatic N) is 3. The van der Waals surface area contributed by atoms with Crippen molar-refractivity contribution in [2.75, 3.05) is 5.32 Å². The molecular formula is C19H22N4O. The van der Waals surface area contributed by atoms with E-state index in [4.69, 9.17) is 4.98 Å². The Hall–Kier alpha value is -2.17. The van der Waals surface area contributed by atoms with Crippen LogP contribution >= 0.6 is 0 Å². The minimum Gasteiger partial charge on any atom is -0.324 e. The second-order valence-electron chi connectivity index (χ2n) is 7.42. The number of fused-ring (bicyclic) bond motifs is 1. The van der Waals surface area contributed by atoms with E-state index in [9.17, 15) is 4.79 Å². The third-order valence-electron chi connectivity index (χ3n) is 5.28. The zero-order valence-electron chi connectivity index (χ0n) is 13.8. The highest BCUT2D eigenvalue weighted by atomic mass is 16.2. The predicted octanol–water partition coefficient (Wildman–Crippen LogP) is 3.16. The number of aromatic nitrogens is 3. The lowest BCUT2D eigenvalue weighted by Gasteiger charge is -2.09. The molecule has 0 bridgehead atoms. The molecule has 2 aromatic rings. The summed E-state index contributed by atoms with van der Waals surface area (Å²) in [6, 6.07) is 6.29. The second kappa shape index (κ2) is 5.43. The molecule has 5 heteroatoms. The number of benzene rings is 1. The monoisotopic (exact) mass is 322 g/mol. The Morgan fingerprint density at radius 2 is 1.92 bits per heavy atom. The first-order valence-corrected chi connectivity index (χ1v) is 9.12. The summed E-state index contributed by atoms with van der Waals surface area (Å²) in [5.41, 5.74) is 3.70. The number of nitrogens with one attached hydrogen (secondary N) is 1. The van der Waals surface area contributed by atoms with Crippen molar-refractivity contribution in [3.63, 3.8) is 0 Å². The van der Waals surface area contributed by atoms with Crippen molar-refractivity contribution in [3.05, 3.63) is 41.0 Å². The van der Waals surface area contributed by atoms with Gasteiger partial charge in [0.15, 0.2) is 5.82 Å². The highest BCUT2D eigenvalue weighted by Gasteiger charge is 2.34. The molecule has 2 saturated carbocycles. The van der Waals surface area contributed by atoms with Gasteiger partial charge in [0, 0.05) is 17.5 Å². The maximum atomic E-state index is 12.5. The molecule has 1 heterocycles. The van der Waals surface area contributed by atoms with Gasteiger partial charge >= 0.3 is 0 Å². The Bertz CT molecular complexity index is 802. The van der Waals surface area contributed by atoms with Crippen molar-refractivity contribution in [3.8, 4) is 0 Å². The zero-order valence-corrected chi connectivity index (χ0v) is 13.8. The molecule has 0 spiro atoms. The summed E-state index contributed by atoms with van der Waals surface area (Å²) < 4.78 is 1.84. The number of anilines is 1. The third kappa shape index (κ3) is 2.72. The number of hydrogen-bond donors (Lipinski definition) is 1. The van der Waals surface area contributed by atoms with Crippen LogP contribution in [-0.2, 0) is 24.2 Å². The standard InChI is InChI=1S/C19H22N4O/c24-17(20-16-9-8-12-2-1-3-15(12)10-16)11-23-19(14-6-7-14)21-18(22-23)13-4-5-13/h8-10,13-14H,1-7,11H2,(H,20,24). The van der Waals surface area contributed by atoms with E-state index in [1.807, 2.05) is 10.7 Å². The van der Waals surface area contributed by atoms with Gasteiger partial charge in [-0.2, -0.15) is 5.10 Å². The molecule has 0 saturated heterocycles. The lowest BCUT2D eigenvalue weighted by atomic mass is 10.1. The smallest absolute Gasteiger partial charge is 0.246 e. The summed E-state index contributed by atoms with van der Waals surface area (Å²) >= 11 is 0. The van der Waals surface area contributed by atoms with Crippen molar-refractivity contribution >= 4 is 11.6 Å². The second-order valence-corrected chi connectivity index (χ2v) is 7.42. The van der Waals surface area contributed by atoms with E-state index in [1.54, 1.807) is 0 Å². The van der Waals surface area contributed by atoms with Gasteiger partial charge in [-0.25, -0.2) is 9.67 Å². The molecule has 1 aromatic carbocycles. The van der Waals surface area contributed by atoms with E-state index in [1.165, 1.54) is 43.2 Å². The molecule has 1 amide bonds. The molecule has 0 unspecified atom stereocenters. The Morgan fingerprint density at radius 3 is 2.71 bits per heavy atom. The van der Waals surface area contributed by atoms with Crippen molar-refractivity contribution in [1.29, 1.82) is 0 Å². The van der Waals surface area contributed by atoms with Crippen molar-refractivity contribution < 1.29 is 4.79 Å². The highest BCUT2D eigenvalue weighted by Crippen LogP contribution is 2.42. The van der Waals surface area contributed by atoms with Gasteiger partial charge in [0.05, 0.1) is 0 Å². The summed E-state index contributed by atoms with van der Waals surface area (Å²) in [5.74, 6) is 2.99. The van der Waals surface area contributed by atoms with E-state index in [0.29, 0.717) is 11.8 Å². The molecule has 1 N–H and O–H groups in total. The fraction of sp³-hybridized carbons (Fsp3) is 0.526. The Kier molecular flexibility index (Phi) is 3.21. The van der Waals surface area contributed by atoms with Crippen molar-refractivity contribution in [1.82, 2.24) is 14.8 Å². The van der Waals surface area contributed by atoms with Crippen LogP contribution in [0.2, 0.25) is 0 Å². The van der Waals surface area contributed by atoms with Crippen LogP contribution in [0.1, 0.15) is 66.7 Å². The Balaban J connectivity index is 1.31.